The summed E-state index contributed by atoms with van der Waals surface area (Å²) in [5.74, 6) is 0.666. The van der Waals surface area contributed by atoms with Gasteiger partial charge >= 0.3 is 0 Å². The van der Waals surface area contributed by atoms with Gasteiger partial charge in [-0.3, -0.25) is 0 Å². The molecule has 1 fully saturated rings. The van der Waals surface area contributed by atoms with E-state index in [4.69, 9.17) is 4.98 Å². The van der Waals surface area contributed by atoms with Crippen LogP contribution in [0.3, 0.4) is 0 Å². The summed E-state index contributed by atoms with van der Waals surface area (Å²) in [5, 5.41) is 4.59. The van der Waals surface area contributed by atoms with E-state index in [1.807, 2.05) is 18.4 Å². The van der Waals surface area contributed by atoms with Crippen LogP contribution in [0.25, 0.3) is 0 Å². The molecule has 2 heterocycles. The quantitative estimate of drug-likeness (QED) is 0.869. The van der Waals surface area contributed by atoms with Crippen molar-refractivity contribution in [2.75, 3.05) is 40.8 Å². The molecule has 4 nitrogen and oxygen atoms in total. The van der Waals surface area contributed by atoms with Gasteiger partial charge in [0.1, 0.15) is 0 Å². The average Bonchev–Trinajstić information content (AvgIpc) is 2.75. The first-order valence-electron chi connectivity index (χ1n) is 8.00. The number of nitrogens with one attached hydrogen (secondary N) is 1. The van der Waals surface area contributed by atoms with E-state index in [-0.39, 0.29) is 0 Å². The lowest BCUT2D eigenvalue weighted by atomic mass is 10.1. The molecule has 120 valence electrons. The molecule has 1 aromatic rings. The Bertz CT molecular complexity index is 443. The Balaban J connectivity index is 2.08. The third kappa shape index (κ3) is 4.74. The minimum atomic E-state index is 0.601. The minimum Gasteiger partial charge on any atom is -0.315 e. The Morgan fingerprint density at radius 1 is 1.33 bits per heavy atom. The number of hydrogen-bond donors (Lipinski definition) is 1. The normalized spacial score (nSPS) is 21.3. The zero-order valence-electron chi connectivity index (χ0n) is 14.1. The molecule has 0 radical (unpaired) electrons. The van der Waals surface area contributed by atoms with Crippen LogP contribution in [0.1, 0.15) is 29.4 Å². The number of aromatic nitrogens is 1. The summed E-state index contributed by atoms with van der Waals surface area (Å²) < 4.78 is 0. The fraction of sp³-hybridized carbons (Fsp3) is 0.812. The molecule has 0 bridgehead atoms. The van der Waals surface area contributed by atoms with Crippen LogP contribution in [-0.4, -0.2) is 61.6 Å². The van der Waals surface area contributed by atoms with Crippen molar-refractivity contribution in [3.8, 4) is 0 Å². The molecule has 1 saturated heterocycles. The zero-order chi connectivity index (χ0) is 15.4. The van der Waals surface area contributed by atoms with Crippen molar-refractivity contribution in [2.24, 2.45) is 5.92 Å². The van der Waals surface area contributed by atoms with E-state index in [0.717, 1.165) is 32.5 Å². The van der Waals surface area contributed by atoms with Crippen LogP contribution in [0.5, 0.6) is 0 Å². The van der Waals surface area contributed by atoms with Crippen LogP contribution in [0.4, 0.5) is 0 Å². The van der Waals surface area contributed by atoms with Gasteiger partial charge in [-0.1, -0.05) is 13.8 Å². The summed E-state index contributed by atoms with van der Waals surface area (Å²) in [5.41, 5.74) is 1.31. The van der Waals surface area contributed by atoms with Gasteiger partial charge in [-0.15, -0.1) is 11.3 Å². The highest BCUT2D eigenvalue weighted by Gasteiger charge is 2.24. The molecule has 0 aromatic carbocycles. The Morgan fingerprint density at radius 3 is 2.76 bits per heavy atom. The van der Waals surface area contributed by atoms with Crippen LogP contribution in [0.2, 0.25) is 0 Å². The molecule has 0 saturated carbocycles. The second-order valence-corrected chi connectivity index (χ2v) is 7.87. The molecule has 2 rings (SSSR count). The number of hydrogen-bond acceptors (Lipinski definition) is 5. The van der Waals surface area contributed by atoms with E-state index in [0.29, 0.717) is 12.0 Å². The van der Waals surface area contributed by atoms with E-state index >= 15 is 0 Å². The lowest BCUT2D eigenvalue weighted by Gasteiger charge is -2.37. The summed E-state index contributed by atoms with van der Waals surface area (Å²) in [6, 6.07) is 0.601. The third-order valence-corrected chi connectivity index (χ3v) is 5.27. The zero-order valence-corrected chi connectivity index (χ0v) is 15.0. The van der Waals surface area contributed by atoms with Gasteiger partial charge < -0.3 is 15.1 Å². The minimum absolute atomic E-state index is 0.601. The monoisotopic (exact) mass is 310 g/mol. The Hall–Kier alpha value is -0.490. The van der Waals surface area contributed by atoms with Gasteiger partial charge in [-0.25, -0.2) is 4.98 Å². The predicted octanol–water partition coefficient (Wildman–Crippen LogP) is 1.85. The molecule has 1 unspecified atom stereocenters. The number of thiazole rings is 1. The molecule has 1 N–H and O–H groups in total. The smallest absolute Gasteiger partial charge is 0.0947 e. The Kier molecular flexibility index (Phi) is 6.17. The standard InChI is InChI=1S/C16H30N4S/c1-12(2)8-14-15(10-17-3)21-16(18-14)9-13-11-19(4)6-7-20(13)5/h12-13,17H,6-11H2,1-5H3. The van der Waals surface area contributed by atoms with E-state index in [1.54, 1.807) is 0 Å². The van der Waals surface area contributed by atoms with E-state index in [2.05, 4.69) is 43.1 Å². The topological polar surface area (TPSA) is 31.4 Å². The number of piperazine rings is 1. The highest BCUT2D eigenvalue weighted by molar-refractivity contribution is 7.11. The molecule has 5 heteroatoms. The van der Waals surface area contributed by atoms with Crippen molar-refractivity contribution in [2.45, 2.75) is 39.3 Å². The summed E-state index contributed by atoms with van der Waals surface area (Å²) in [7, 11) is 6.48. The molecule has 0 amide bonds. The van der Waals surface area contributed by atoms with Gasteiger partial charge in [0.15, 0.2) is 0 Å². The van der Waals surface area contributed by atoms with Crippen molar-refractivity contribution in [1.82, 2.24) is 20.1 Å². The maximum atomic E-state index is 4.96. The van der Waals surface area contributed by atoms with Crippen LogP contribution in [0, 0.1) is 5.92 Å². The number of rotatable bonds is 6. The maximum absolute atomic E-state index is 4.96. The van der Waals surface area contributed by atoms with Gasteiger partial charge in [-0.2, -0.15) is 0 Å². The molecule has 0 spiro atoms. The second-order valence-electron chi connectivity index (χ2n) is 6.71. The first-order chi connectivity index (χ1) is 9.99. The molecule has 1 atom stereocenters. The summed E-state index contributed by atoms with van der Waals surface area (Å²) in [6.45, 7) is 8.97. The van der Waals surface area contributed by atoms with Crippen LogP contribution in [-0.2, 0) is 19.4 Å². The lowest BCUT2D eigenvalue weighted by molar-refractivity contribution is 0.114. The maximum Gasteiger partial charge on any atom is 0.0947 e. The summed E-state index contributed by atoms with van der Waals surface area (Å²) in [6.07, 6.45) is 2.17. The number of likely N-dealkylation sites (N-methyl/N-ethyl adjacent to an activating group) is 2. The Morgan fingerprint density at radius 2 is 2.10 bits per heavy atom. The molecule has 21 heavy (non-hydrogen) atoms. The van der Waals surface area contributed by atoms with Crippen molar-refractivity contribution < 1.29 is 0 Å². The van der Waals surface area contributed by atoms with Crippen molar-refractivity contribution in [3.63, 3.8) is 0 Å². The average molecular weight is 311 g/mol. The van der Waals surface area contributed by atoms with Crippen molar-refractivity contribution in [1.29, 1.82) is 0 Å². The first kappa shape index (κ1) is 16.9. The van der Waals surface area contributed by atoms with Gasteiger partial charge in [-0.05, 0) is 33.5 Å². The highest BCUT2D eigenvalue weighted by Crippen LogP contribution is 2.24. The second kappa shape index (κ2) is 7.68. The van der Waals surface area contributed by atoms with E-state index in [1.165, 1.54) is 22.1 Å². The molecule has 0 aliphatic carbocycles. The lowest BCUT2D eigenvalue weighted by Crippen LogP contribution is -2.50. The SMILES string of the molecule is CNCc1sc(CC2CN(C)CCN2C)nc1CC(C)C. The first-order valence-corrected chi connectivity index (χ1v) is 8.82. The van der Waals surface area contributed by atoms with E-state index in [9.17, 15) is 0 Å². The fourth-order valence-electron chi connectivity index (χ4n) is 2.89. The highest BCUT2D eigenvalue weighted by atomic mass is 32.1. The molecular formula is C16H30N4S. The van der Waals surface area contributed by atoms with Crippen LogP contribution >= 0.6 is 11.3 Å². The fourth-order valence-corrected chi connectivity index (χ4v) is 4.07. The predicted molar refractivity (Wildman–Crippen MR) is 91.0 cm³/mol. The van der Waals surface area contributed by atoms with Gasteiger partial charge in [0.2, 0.25) is 0 Å². The Labute approximate surface area is 133 Å². The summed E-state index contributed by atoms with van der Waals surface area (Å²) >= 11 is 1.90. The largest absolute Gasteiger partial charge is 0.315 e. The van der Waals surface area contributed by atoms with Gasteiger partial charge in [0.25, 0.3) is 0 Å². The van der Waals surface area contributed by atoms with Crippen molar-refractivity contribution >= 4 is 11.3 Å². The van der Waals surface area contributed by atoms with Crippen LogP contribution in [0.15, 0.2) is 0 Å². The van der Waals surface area contributed by atoms with E-state index < -0.39 is 0 Å². The summed E-state index contributed by atoms with van der Waals surface area (Å²) in [4.78, 5) is 11.3. The molecule has 1 aromatic heterocycles. The molecular weight excluding hydrogens is 280 g/mol. The molecule has 1 aliphatic heterocycles. The third-order valence-electron chi connectivity index (χ3n) is 4.15. The van der Waals surface area contributed by atoms with Crippen LogP contribution < -0.4 is 5.32 Å². The molecule has 1 aliphatic rings. The van der Waals surface area contributed by atoms with Gasteiger partial charge in [0, 0.05) is 43.5 Å². The van der Waals surface area contributed by atoms with Crippen molar-refractivity contribution in [3.05, 3.63) is 15.6 Å². The number of nitrogens with zero attached hydrogens (tertiary/aromatic N) is 3. The van der Waals surface area contributed by atoms with Gasteiger partial charge in [0.05, 0.1) is 10.7 Å².